The van der Waals surface area contributed by atoms with Crippen molar-refractivity contribution in [2.45, 2.75) is 24.8 Å². The molecule has 0 aliphatic rings. The predicted molar refractivity (Wildman–Crippen MR) is 99.1 cm³/mol. The molecule has 0 spiro atoms. The second-order valence-electron chi connectivity index (χ2n) is 5.71. The Hall–Kier alpha value is -2.58. The molecular weight excluding hydrogens is 356 g/mol. The van der Waals surface area contributed by atoms with E-state index in [0.717, 1.165) is 5.56 Å². The average Bonchev–Trinajstić information content (AvgIpc) is 2.61. The minimum Gasteiger partial charge on any atom is -0.497 e. The van der Waals surface area contributed by atoms with Crippen LogP contribution in [0.15, 0.2) is 47.4 Å². The summed E-state index contributed by atoms with van der Waals surface area (Å²) in [6.07, 6.45) is 0. The predicted octanol–water partition coefficient (Wildman–Crippen LogP) is 2.32. The minimum atomic E-state index is -3.84. The molecule has 0 aliphatic heterocycles. The van der Waals surface area contributed by atoms with E-state index in [9.17, 15) is 13.2 Å². The van der Waals surface area contributed by atoms with Crippen LogP contribution in [0.2, 0.25) is 0 Å². The lowest BCUT2D eigenvalue weighted by molar-refractivity contribution is -0.117. The molecule has 7 nitrogen and oxygen atoms in total. The first-order chi connectivity index (χ1) is 12.3. The molecule has 0 bridgehead atoms. The van der Waals surface area contributed by atoms with Crippen molar-refractivity contribution in [3.8, 4) is 11.5 Å². The molecule has 2 rings (SSSR count). The third kappa shape index (κ3) is 4.74. The Morgan fingerprint density at radius 1 is 1.04 bits per heavy atom. The van der Waals surface area contributed by atoms with E-state index >= 15 is 0 Å². The number of anilines is 1. The van der Waals surface area contributed by atoms with Gasteiger partial charge in [-0.25, -0.2) is 8.42 Å². The van der Waals surface area contributed by atoms with Crippen LogP contribution in [-0.4, -0.2) is 34.6 Å². The zero-order valence-electron chi connectivity index (χ0n) is 15.1. The fourth-order valence-electron chi connectivity index (χ4n) is 2.27. The summed E-state index contributed by atoms with van der Waals surface area (Å²) < 4.78 is 37.4. The van der Waals surface area contributed by atoms with Crippen LogP contribution in [0.3, 0.4) is 0 Å². The SMILES string of the molecule is COc1ccc(S(=O)(=O)NC(C)C(=O)Nc2cc(C)ccc2OC)cc1. The van der Waals surface area contributed by atoms with E-state index < -0.39 is 22.0 Å². The van der Waals surface area contributed by atoms with E-state index in [1.165, 1.54) is 45.4 Å². The van der Waals surface area contributed by atoms with Gasteiger partial charge in [0.1, 0.15) is 11.5 Å². The van der Waals surface area contributed by atoms with E-state index in [2.05, 4.69) is 10.0 Å². The lowest BCUT2D eigenvalue weighted by atomic mass is 10.2. The summed E-state index contributed by atoms with van der Waals surface area (Å²) in [4.78, 5) is 12.4. The Morgan fingerprint density at radius 3 is 2.27 bits per heavy atom. The topological polar surface area (TPSA) is 93.7 Å². The summed E-state index contributed by atoms with van der Waals surface area (Å²) in [5.74, 6) is 0.543. The standard InChI is InChI=1S/C18H22N2O5S/c1-12-5-10-17(25-4)16(11-12)19-18(21)13(2)20-26(22,23)15-8-6-14(24-3)7-9-15/h5-11,13,20H,1-4H3,(H,19,21). The van der Waals surface area contributed by atoms with E-state index in [0.29, 0.717) is 17.2 Å². The van der Waals surface area contributed by atoms with E-state index in [4.69, 9.17) is 9.47 Å². The first-order valence-electron chi connectivity index (χ1n) is 7.88. The zero-order valence-corrected chi connectivity index (χ0v) is 15.9. The largest absolute Gasteiger partial charge is 0.497 e. The van der Waals surface area contributed by atoms with Gasteiger partial charge >= 0.3 is 0 Å². The van der Waals surface area contributed by atoms with Gasteiger partial charge in [0.05, 0.1) is 30.8 Å². The second kappa shape index (κ2) is 8.20. The van der Waals surface area contributed by atoms with Gasteiger partial charge in [0.15, 0.2) is 0 Å². The van der Waals surface area contributed by atoms with Crippen LogP contribution in [0.4, 0.5) is 5.69 Å². The molecule has 1 amide bonds. The van der Waals surface area contributed by atoms with Gasteiger partial charge < -0.3 is 14.8 Å². The first kappa shape index (κ1) is 19.7. The third-order valence-corrected chi connectivity index (χ3v) is 5.26. The summed E-state index contributed by atoms with van der Waals surface area (Å²) in [5, 5.41) is 2.68. The number of aryl methyl sites for hydroxylation is 1. The quantitative estimate of drug-likeness (QED) is 0.771. The molecule has 1 unspecified atom stereocenters. The second-order valence-corrected chi connectivity index (χ2v) is 7.43. The average molecular weight is 378 g/mol. The van der Waals surface area contributed by atoms with Crippen molar-refractivity contribution in [1.82, 2.24) is 4.72 Å². The summed E-state index contributed by atoms with van der Waals surface area (Å²) in [6, 6.07) is 10.3. The van der Waals surface area contributed by atoms with Crippen molar-refractivity contribution in [3.05, 3.63) is 48.0 Å². The number of benzene rings is 2. The molecule has 2 aromatic carbocycles. The number of nitrogens with one attached hydrogen (secondary N) is 2. The number of sulfonamides is 1. The van der Waals surface area contributed by atoms with Gasteiger partial charge in [-0.2, -0.15) is 4.72 Å². The van der Waals surface area contributed by atoms with Gasteiger partial charge in [0.2, 0.25) is 15.9 Å². The first-order valence-corrected chi connectivity index (χ1v) is 9.37. The molecule has 8 heteroatoms. The summed E-state index contributed by atoms with van der Waals surface area (Å²) >= 11 is 0. The maximum atomic E-state index is 12.4. The molecule has 0 saturated heterocycles. The Bertz CT molecular complexity index is 879. The van der Waals surface area contributed by atoms with Crippen LogP contribution in [0.5, 0.6) is 11.5 Å². The highest BCUT2D eigenvalue weighted by molar-refractivity contribution is 7.89. The van der Waals surface area contributed by atoms with Crippen LogP contribution in [0, 0.1) is 6.92 Å². The smallest absolute Gasteiger partial charge is 0.242 e. The van der Waals surface area contributed by atoms with Crippen molar-refractivity contribution in [2.24, 2.45) is 0 Å². The van der Waals surface area contributed by atoms with Gasteiger partial charge in [0.25, 0.3) is 0 Å². The molecule has 1 atom stereocenters. The monoisotopic (exact) mass is 378 g/mol. The number of carbonyl (C=O) groups is 1. The van der Waals surface area contributed by atoms with Gasteiger partial charge in [0, 0.05) is 0 Å². The summed E-state index contributed by atoms with van der Waals surface area (Å²) in [7, 11) is -0.853. The van der Waals surface area contributed by atoms with E-state index in [1.54, 1.807) is 12.1 Å². The number of hydrogen-bond acceptors (Lipinski definition) is 5. The lowest BCUT2D eigenvalue weighted by Gasteiger charge is -2.16. The molecule has 0 saturated carbocycles. The number of carbonyl (C=O) groups excluding carboxylic acids is 1. The van der Waals surface area contributed by atoms with Crippen LogP contribution >= 0.6 is 0 Å². The Balaban J connectivity index is 2.11. The molecule has 0 aliphatic carbocycles. The highest BCUT2D eigenvalue weighted by atomic mass is 32.2. The lowest BCUT2D eigenvalue weighted by Crippen LogP contribution is -2.41. The van der Waals surface area contributed by atoms with Crippen molar-refractivity contribution < 1.29 is 22.7 Å². The van der Waals surface area contributed by atoms with Crippen molar-refractivity contribution in [1.29, 1.82) is 0 Å². The molecule has 2 aromatic rings. The summed E-state index contributed by atoms with van der Waals surface area (Å²) in [5.41, 5.74) is 1.42. The normalized spacial score (nSPS) is 12.3. The molecule has 2 N–H and O–H groups in total. The zero-order chi connectivity index (χ0) is 19.3. The van der Waals surface area contributed by atoms with E-state index in [1.807, 2.05) is 13.0 Å². The number of amides is 1. The van der Waals surface area contributed by atoms with Crippen LogP contribution in [0.1, 0.15) is 12.5 Å². The Morgan fingerprint density at radius 2 is 1.69 bits per heavy atom. The van der Waals surface area contributed by atoms with Gasteiger partial charge in [-0.05, 0) is 55.8 Å². The van der Waals surface area contributed by atoms with Crippen molar-refractivity contribution in [2.75, 3.05) is 19.5 Å². The van der Waals surface area contributed by atoms with Gasteiger partial charge in [-0.15, -0.1) is 0 Å². The Kier molecular flexibility index (Phi) is 6.23. The number of methoxy groups -OCH3 is 2. The fraction of sp³-hybridized carbons (Fsp3) is 0.278. The highest BCUT2D eigenvalue weighted by Gasteiger charge is 2.23. The molecule has 0 aromatic heterocycles. The number of ether oxygens (including phenoxy) is 2. The van der Waals surface area contributed by atoms with Crippen LogP contribution in [0.25, 0.3) is 0 Å². The molecule has 0 heterocycles. The molecule has 0 radical (unpaired) electrons. The van der Waals surface area contributed by atoms with Crippen molar-refractivity contribution in [3.63, 3.8) is 0 Å². The van der Waals surface area contributed by atoms with Gasteiger partial charge in [-0.3, -0.25) is 4.79 Å². The Labute approximate surface area is 153 Å². The highest BCUT2D eigenvalue weighted by Crippen LogP contribution is 2.25. The van der Waals surface area contributed by atoms with Crippen LogP contribution < -0.4 is 19.5 Å². The maximum Gasteiger partial charge on any atom is 0.242 e. The summed E-state index contributed by atoms with van der Waals surface area (Å²) in [6.45, 7) is 3.35. The molecule has 140 valence electrons. The van der Waals surface area contributed by atoms with Crippen LogP contribution in [-0.2, 0) is 14.8 Å². The molecule has 0 fully saturated rings. The molecule has 26 heavy (non-hydrogen) atoms. The van der Waals surface area contributed by atoms with Gasteiger partial charge in [-0.1, -0.05) is 6.07 Å². The third-order valence-electron chi connectivity index (χ3n) is 3.71. The maximum absolute atomic E-state index is 12.4. The van der Waals surface area contributed by atoms with E-state index in [-0.39, 0.29) is 4.90 Å². The molecular formula is C18H22N2O5S. The fourth-order valence-corrected chi connectivity index (χ4v) is 3.47. The van der Waals surface area contributed by atoms with Crippen molar-refractivity contribution >= 4 is 21.6 Å². The minimum absolute atomic E-state index is 0.0473. The number of rotatable bonds is 7. The number of hydrogen-bond donors (Lipinski definition) is 2.